The van der Waals surface area contributed by atoms with Gasteiger partial charge in [0.25, 0.3) is 5.91 Å². The van der Waals surface area contributed by atoms with Gasteiger partial charge in [-0.2, -0.15) is 0 Å². The first-order chi connectivity index (χ1) is 15.1. The van der Waals surface area contributed by atoms with E-state index in [4.69, 9.17) is 21.1 Å². The van der Waals surface area contributed by atoms with Crippen molar-refractivity contribution in [1.29, 1.82) is 0 Å². The molecule has 2 saturated heterocycles. The molecule has 0 bridgehead atoms. The smallest absolute Gasteiger partial charge is 0.253 e. The quantitative estimate of drug-likeness (QED) is 0.610. The fourth-order valence-electron chi connectivity index (χ4n) is 4.38. The Bertz CT molecular complexity index is 1120. The highest BCUT2D eigenvalue weighted by atomic mass is 35.5. The Hall–Kier alpha value is -2.60. The summed E-state index contributed by atoms with van der Waals surface area (Å²) in [5.41, 5.74) is 2.68. The van der Waals surface area contributed by atoms with Crippen LogP contribution >= 0.6 is 11.6 Å². The highest BCUT2D eigenvalue weighted by Gasteiger charge is 2.35. The topological polar surface area (TPSA) is 42.0 Å². The van der Waals surface area contributed by atoms with Crippen LogP contribution in [0.3, 0.4) is 0 Å². The molecule has 0 saturated carbocycles. The average Bonchev–Trinajstić information content (AvgIpc) is 2.78. The van der Waals surface area contributed by atoms with Gasteiger partial charge in [0.05, 0.1) is 20.3 Å². The van der Waals surface area contributed by atoms with E-state index < -0.39 is 0 Å². The summed E-state index contributed by atoms with van der Waals surface area (Å²) in [6.07, 6.45) is 0. The van der Waals surface area contributed by atoms with Crippen LogP contribution in [0.5, 0.6) is 5.75 Å². The van der Waals surface area contributed by atoms with E-state index in [1.54, 1.807) is 7.11 Å². The summed E-state index contributed by atoms with van der Waals surface area (Å²) >= 11 is 6.41. The number of halogens is 1. The lowest BCUT2D eigenvalue weighted by Gasteiger charge is -2.46. The summed E-state index contributed by atoms with van der Waals surface area (Å²) in [6, 6.07) is 18.2. The number of carbonyl (C=O) groups is 1. The van der Waals surface area contributed by atoms with E-state index in [2.05, 4.69) is 11.0 Å². The third-order valence-corrected chi connectivity index (χ3v) is 6.61. The molecule has 3 aromatic carbocycles. The summed E-state index contributed by atoms with van der Waals surface area (Å²) in [4.78, 5) is 17.3. The lowest BCUT2D eigenvalue weighted by molar-refractivity contribution is -0.0256. The third-order valence-electron chi connectivity index (χ3n) is 6.28. The number of benzene rings is 3. The molecule has 2 fully saturated rings. The van der Waals surface area contributed by atoms with Crippen molar-refractivity contribution in [2.45, 2.75) is 6.04 Å². The molecule has 31 heavy (non-hydrogen) atoms. The standard InChI is InChI=1S/C25H25ClN2O3/c1-30-22-6-7-24(26)23(14-22)19-4-2-18-13-20(5-3-17(18)12-19)25(29)28-15-21(16-28)27-8-10-31-11-9-27/h2-7,12-14,21H,8-11,15-16H2,1H3. The van der Waals surface area contributed by atoms with Gasteiger partial charge in [-0.15, -0.1) is 0 Å². The normalized spacial score (nSPS) is 17.5. The van der Waals surface area contributed by atoms with Crippen molar-refractivity contribution >= 4 is 28.3 Å². The largest absolute Gasteiger partial charge is 0.497 e. The summed E-state index contributed by atoms with van der Waals surface area (Å²) in [7, 11) is 1.65. The molecule has 0 aliphatic carbocycles. The molecule has 160 valence electrons. The first-order valence-corrected chi connectivity index (χ1v) is 11.0. The lowest BCUT2D eigenvalue weighted by atomic mass is 9.98. The number of ether oxygens (including phenoxy) is 2. The molecule has 0 radical (unpaired) electrons. The SMILES string of the molecule is COc1ccc(Cl)c(-c2ccc3cc(C(=O)N4CC(N5CCOCC5)C4)ccc3c2)c1. The molecule has 0 N–H and O–H groups in total. The number of morpholine rings is 1. The van der Waals surface area contributed by atoms with Crippen LogP contribution in [0.2, 0.25) is 5.02 Å². The summed E-state index contributed by atoms with van der Waals surface area (Å²) in [5.74, 6) is 0.872. The van der Waals surface area contributed by atoms with Gasteiger partial charge in [0.1, 0.15) is 5.75 Å². The number of nitrogens with zero attached hydrogens (tertiary/aromatic N) is 2. The van der Waals surface area contributed by atoms with Crippen molar-refractivity contribution in [2.75, 3.05) is 46.5 Å². The maximum atomic E-state index is 13.0. The number of likely N-dealkylation sites (tertiary alicyclic amines) is 1. The zero-order chi connectivity index (χ0) is 21.4. The summed E-state index contributed by atoms with van der Waals surface area (Å²) in [6.45, 7) is 5.09. The van der Waals surface area contributed by atoms with Gasteiger partial charge in [0, 0.05) is 48.4 Å². The molecule has 0 atom stereocenters. The minimum atomic E-state index is 0.103. The monoisotopic (exact) mass is 436 g/mol. The molecule has 2 heterocycles. The van der Waals surface area contributed by atoms with Crippen LogP contribution in [0, 0.1) is 0 Å². The number of amides is 1. The molecule has 0 spiro atoms. The molecule has 0 aromatic heterocycles. The van der Waals surface area contributed by atoms with Crippen molar-refractivity contribution in [3.05, 3.63) is 65.2 Å². The molecule has 0 unspecified atom stereocenters. The molecule has 1 amide bonds. The first kappa shape index (κ1) is 20.3. The fraction of sp³-hybridized carbons (Fsp3) is 0.320. The van der Waals surface area contributed by atoms with Gasteiger partial charge in [0.2, 0.25) is 0 Å². The number of fused-ring (bicyclic) bond motifs is 1. The first-order valence-electron chi connectivity index (χ1n) is 10.6. The zero-order valence-corrected chi connectivity index (χ0v) is 18.3. The van der Waals surface area contributed by atoms with Gasteiger partial charge in [0.15, 0.2) is 0 Å². The molecule has 3 aromatic rings. The Labute approximate surface area is 187 Å². The van der Waals surface area contributed by atoms with Gasteiger partial charge >= 0.3 is 0 Å². The highest BCUT2D eigenvalue weighted by molar-refractivity contribution is 6.33. The summed E-state index contributed by atoms with van der Waals surface area (Å²) in [5, 5.41) is 2.79. The van der Waals surface area contributed by atoms with Gasteiger partial charge in [-0.3, -0.25) is 9.69 Å². The number of methoxy groups -OCH3 is 1. The van der Waals surface area contributed by atoms with Crippen LogP contribution in [0.4, 0.5) is 0 Å². The van der Waals surface area contributed by atoms with E-state index in [0.717, 1.165) is 72.6 Å². The van der Waals surface area contributed by atoms with Crippen LogP contribution < -0.4 is 4.74 Å². The van der Waals surface area contributed by atoms with Crippen molar-refractivity contribution in [2.24, 2.45) is 0 Å². The van der Waals surface area contributed by atoms with Crippen molar-refractivity contribution in [3.8, 4) is 16.9 Å². The van der Waals surface area contributed by atoms with Crippen molar-refractivity contribution in [3.63, 3.8) is 0 Å². The molecule has 5 rings (SSSR count). The Morgan fingerprint density at radius 3 is 2.52 bits per heavy atom. The zero-order valence-electron chi connectivity index (χ0n) is 17.5. The Kier molecular flexibility index (Phi) is 5.57. The Morgan fingerprint density at radius 1 is 1.00 bits per heavy atom. The minimum Gasteiger partial charge on any atom is -0.497 e. The van der Waals surface area contributed by atoms with E-state index in [1.165, 1.54) is 0 Å². The second kappa shape index (κ2) is 8.50. The van der Waals surface area contributed by atoms with Gasteiger partial charge in [-0.1, -0.05) is 29.8 Å². The number of carbonyl (C=O) groups excluding carboxylic acids is 1. The van der Waals surface area contributed by atoms with E-state index in [0.29, 0.717) is 11.1 Å². The Morgan fingerprint density at radius 2 is 1.74 bits per heavy atom. The number of rotatable bonds is 4. The molecular formula is C25H25ClN2O3. The summed E-state index contributed by atoms with van der Waals surface area (Å²) < 4.78 is 10.8. The van der Waals surface area contributed by atoms with E-state index in [9.17, 15) is 4.79 Å². The maximum absolute atomic E-state index is 13.0. The van der Waals surface area contributed by atoms with Crippen LogP contribution in [-0.4, -0.2) is 68.3 Å². The minimum absolute atomic E-state index is 0.103. The second-order valence-electron chi connectivity index (χ2n) is 8.13. The van der Waals surface area contributed by atoms with Gasteiger partial charge < -0.3 is 14.4 Å². The second-order valence-corrected chi connectivity index (χ2v) is 8.54. The predicted octanol–water partition coefficient (Wildman–Crippen LogP) is 4.33. The molecule has 2 aliphatic heterocycles. The number of hydrogen-bond acceptors (Lipinski definition) is 4. The lowest BCUT2D eigenvalue weighted by Crippen LogP contribution is -2.62. The third kappa shape index (κ3) is 4.01. The van der Waals surface area contributed by atoms with E-state index in [-0.39, 0.29) is 5.91 Å². The van der Waals surface area contributed by atoms with Crippen LogP contribution in [0.25, 0.3) is 21.9 Å². The van der Waals surface area contributed by atoms with Crippen LogP contribution in [-0.2, 0) is 4.74 Å². The Balaban J connectivity index is 1.33. The van der Waals surface area contributed by atoms with Crippen LogP contribution in [0.1, 0.15) is 10.4 Å². The average molecular weight is 437 g/mol. The van der Waals surface area contributed by atoms with E-state index >= 15 is 0 Å². The molecule has 5 nitrogen and oxygen atoms in total. The predicted molar refractivity (Wildman–Crippen MR) is 123 cm³/mol. The highest BCUT2D eigenvalue weighted by Crippen LogP contribution is 2.33. The van der Waals surface area contributed by atoms with E-state index in [1.807, 2.05) is 53.4 Å². The van der Waals surface area contributed by atoms with Crippen LogP contribution in [0.15, 0.2) is 54.6 Å². The van der Waals surface area contributed by atoms with Gasteiger partial charge in [-0.25, -0.2) is 0 Å². The molecular weight excluding hydrogens is 412 g/mol. The van der Waals surface area contributed by atoms with Crippen molar-refractivity contribution in [1.82, 2.24) is 9.80 Å². The fourth-order valence-corrected chi connectivity index (χ4v) is 4.60. The molecule has 2 aliphatic rings. The maximum Gasteiger partial charge on any atom is 0.253 e. The number of hydrogen-bond donors (Lipinski definition) is 0. The van der Waals surface area contributed by atoms with Gasteiger partial charge in [-0.05, 0) is 52.7 Å². The molecule has 6 heteroatoms. The van der Waals surface area contributed by atoms with Crippen molar-refractivity contribution < 1.29 is 14.3 Å².